The number of carbonyl (C=O) groups excluding carboxylic acids is 2. The third-order valence-corrected chi connectivity index (χ3v) is 7.52. The van der Waals surface area contributed by atoms with E-state index in [1.165, 1.54) is 6.21 Å². The van der Waals surface area contributed by atoms with Crippen LogP contribution in [0.5, 0.6) is 0 Å². The average Bonchev–Trinajstić information content (AvgIpc) is 2.99. The zero-order chi connectivity index (χ0) is 19.9. The molecule has 6 rings (SSSR count). The number of hydrazone groups is 1. The smallest absolute Gasteiger partial charge is 0.254 e. The van der Waals surface area contributed by atoms with Crippen LogP contribution in [0.1, 0.15) is 18.6 Å². The molecule has 2 bridgehead atoms. The van der Waals surface area contributed by atoms with Gasteiger partial charge in [0.05, 0.1) is 23.1 Å². The lowest BCUT2D eigenvalue weighted by molar-refractivity contribution is -0.141. The molecule has 0 N–H and O–H groups in total. The van der Waals surface area contributed by atoms with Gasteiger partial charge in [-0.1, -0.05) is 35.4 Å². The third kappa shape index (κ3) is 2.31. The fraction of sp³-hybridized carbons (Fsp3) is 0.318. The van der Waals surface area contributed by atoms with Crippen LogP contribution in [0.4, 0.5) is 0 Å². The maximum Gasteiger partial charge on any atom is 0.254 e. The maximum atomic E-state index is 12.9. The molecule has 29 heavy (non-hydrogen) atoms. The van der Waals surface area contributed by atoms with E-state index >= 15 is 0 Å². The van der Waals surface area contributed by atoms with E-state index in [4.69, 9.17) is 27.6 Å². The predicted molar refractivity (Wildman–Crippen MR) is 108 cm³/mol. The first-order valence-electron chi connectivity index (χ1n) is 9.65. The summed E-state index contributed by atoms with van der Waals surface area (Å²) < 4.78 is 5.77. The quantitative estimate of drug-likeness (QED) is 0.402. The SMILES string of the molecule is O=C1[C@@H]2[C@@H](C(=O)N1/N=C\c1ccc(-c3cc(Cl)ccc3Cl)o1)[C@@H]1C=C[C@H]2C12CC2. The number of rotatable bonds is 3. The lowest BCUT2D eigenvalue weighted by Gasteiger charge is -2.18. The van der Waals surface area contributed by atoms with Crippen molar-refractivity contribution in [2.75, 3.05) is 0 Å². The minimum Gasteiger partial charge on any atom is -0.455 e. The molecule has 7 heteroatoms. The summed E-state index contributed by atoms with van der Waals surface area (Å²) >= 11 is 12.3. The van der Waals surface area contributed by atoms with Crippen LogP contribution in [0.25, 0.3) is 11.3 Å². The Morgan fingerprint density at radius 1 is 1.03 bits per heavy atom. The summed E-state index contributed by atoms with van der Waals surface area (Å²) in [6.45, 7) is 0. The Morgan fingerprint density at radius 3 is 2.38 bits per heavy atom. The lowest BCUT2D eigenvalue weighted by atomic mass is 9.85. The number of imide groups is 1. The number of nitrogens with zero attached hydrogens (tertiary/aromatic N) is 2. The van der Waals surface area contributed by atoms with E-state index < -0.39 is 0 Å². The number of hydrogen-bond donors (Lipinski definition) is 0. The van der Waals surface area contributed by atoms with Gasteiger partial charge in [0, 0.05) is 10.6 Å². The number of benzene rings is 1. The second kappa shape index (κ2) is 5.83. The summed E-state index contributed by atoms with van der Waals surface area (Å²) in [6.07, 6.45) is 7.93. The van der Waals surface area contributed by atoms with E-state index in [0.717, 1.165) is 17.9 Å². The Labute approximate surface area is 177 Å². The number of amides is 2. The number of hydrogen-bond acceptors (Lipinski definition) is 4. The van der Waals surface area contributed by atoms with Gasteiger partial charge in [0.1, 0.15) is 11.5 Å². The van der Waals surface area contributed by atoms with Crippen LogP contribution in [0.15, 0.2) is 52.0 Å². The van der Waals surface area contributed by atoms with Crippen LogP contribution in [0.2, 0.25) is 10.0 Å². The van der Waals surface area contributed by atoms with E-state index in [2.05, 4.69) is 17.3 Å². The molecule has 3 fully saturated rings. The second-order valence-electron chi connectivity index (χ2n) is 8.28. The van der Waals surface area contributed by atoms with Crippen molar-refractivity contribution in [1.82, 2.24) is 5.01 Å². The Bertz CT molecular complexity index is 1100. The number of fused-ring (bicyclic) bond motifs is 3. The molecular formula is C22H16Cl2N2O3. The molecule has 1 aromatic carbocycles. The van der Waals surface area contributed by atoms with E-state index in [0.29, 0.717) is 27.1 Å². The number of furan rings is 1. The first-order chi connectivity index (χ1) is 14.0. The topological polar surface area (TPSA) is 62.9 Å². The molecule has 1 aliphatic heterocycles. The first kappa shape index (κ1) is 17.5. The van der Waals surface area contributed by atoms with Crippen LogP contribution in [-0.2, 0) is 9.59 Å². The number of allylic oxidation sites excluding steroid dienone is 2. The van der Waals surface area contributed by atoms with Crippen molar-refractivity contribution in [1.29, 1.82) is 0 Å². The Balaban J connectivity index is 1.25. The molecule has 4 aliphatic rings. The van der Waals surface area contributed by atoms with Gasteiger partial charge in [0.2, 0.25) is 0 Å². The molecule has 0 unspecified atom stereocenters. The molecule has 2 amide bonds. The van der Waals surface area contributed by atoms with Crippen molar-refractivity contribution in [3.63, 3.8) is 0 Å². The van der Waals surface area contributed by atoms with Gasteiger partial charge in [-0.15, -0.1) is 0 Å². The predicted octanol–water partition coefficient (Wildman–Crippen LogP) is 4.78. The largest absolute Gasteiger partial charge is 0.455 e. The zero-order valence-corrected chi connectivity index (χ0v) is 16.7. The zero-order valence-electron chi connectivity index (χ0n) is 15.2. The van der Waals surface area contributed by atoms with E-state index in [9.17, 15) is 9.59 Å². The van der Waals surface area contributed by atoms with E-state index in [-0.39, 0.29) is 40.9 Å². The summed E-state index contributed by atoms with van der Waals surface area (Å²) in [5, 5.41) is 6.28. The van der Waals surface area contributed by atoms with Crippen molar-refractivity contribution in [2.45, 2.75) is 12.8 Å². The standard InChI is InChI=1S/C22H16Cl2N2O3/c23-11-1-5-16(24)13(9-11)17-6-2-12(29-17)10-25-26-20(27)18-14-3-4-15(19(18)21(26)28)22(14)7-8-22/h1-6,9-10,14-15,18-19H,7-8H2/b25-10-/t14-,15+,18-,19-/m0/s1. The van der Waals surface area contributed by atoms with Gasteiger partial charge < -0.3 is 4.42 Å². The highest BCUT2D eigenvalue weighted by Gasteiger charge is 2.73. The Morgan fingerprint density at radius 2 is 1.72 bits per heavy atom. The van der Waals surface area contributed by atoms with Gasteiger partial charge in [-0.05, 0) is 60.4 Å². The number of halogens is 2. The second-order valence-corrected chi connectivity index (χ2v) is 9.12. The van der Waals surface area contributed by atoms with Gasteiger partial charge in [-0.3, -0.25) is 9.59 Å². The molecule has 2 heterocycles. The maximum absolute atomic E-state index is 12.9. The van der Waals surface area contributed by atoms with Gasteiger partial charge in [-0.2, -0.15) is 10.1 Å². The van der Waals surface area contributed by atoms with Crippen LogP contribution < -0.4 is 0 Å². The average molecular weight is 427 g/mol. The number of carbonyl (C=O) groups is 2. The Hall–Kier alpha value is -2.37. The molecule has 1 spiro atoms. The van der Waals surface area contributed by atoms with Crippen molar-refractivity contribution < 1.29 is 14.0 Å². The Kier molecular flexibility index (Phi) is 3.52. The molecule has 1 saturated heterocycles. The fourth-order valence-electron chi connectivity index (χ4n) is 5.54. The molecule has 5 nitrogen and oxygen atoms in total. The van der Waals surface area contributed by atoms with E-state index in [1.54, 1.807) is 30.3 Å². The summed E-state index contributed by atoms with van der Waals surface area (Å²) in [5.74, 6) is 0.446. The van der Waals surface area contributed by atoms with Gasteiger partial charge in [0.25, 0.3) is 11.8 Å². The van der Waals surface area contributed by atoms with Gasteiger partial charge >= 0.3 is 0 Å². The minimum atomic E-state index is -0.255. The van der Waals surface area contributed by atoms with E-state index in [1.807, 2.05) is 0 Å². The highest BCUT2D eigenvalue weighted by Crippen LogP contribution is 2.73. The molecule has 2 saturated carbocycles. The van der Waals surface area contributed by atoms with Crippen LogP contribution >= 0.6 is 23.2 Å². The van der Waals surface area contributed by atoms with Gasteiger partial charge in [0.15, 0.2) is 0 Å². The van der Waals surface area contributed by atoms with Crippen molar-refractivity contribution in [2.24, 2.45) is 34.2 Å². The molecule has 2 aromatic rings. The first-order valence-corrected chi connectivity index (χ1v) is 10.4. The molecule has 0 radical (unpaired) electrons. The molecular weight excluding hydrogens is 411 g/mol. The normalized spacial score (nSPS) is 30.9. The third-order valence-electron chi connectivity index (χ3n) is 6.95. The highest BCUT2D eigenvalue weighted by molar-refractivity contribution is 6.35. The monoisotopic (exact) mass is 426 g/mol. The van der Waals surface area contributed by atoms with Crippen LogP contribution in [-0.4, -0.2) is 23.0 Å². The van der Waals surface area contributed by atoms with Crippen molar-refractivity contribution >= 4 is 41.2 Å². The minimum absolute atomic E-state index is 0.183. The van der Waals surface area contributed by atoms with Gasteiger partial charge in [-0.25, -0.2) is 0 Å². The summed E-state index contributed by atoms with van der Waals surface area (Å²) in [4.78, 5) is 25.9. The highest BCUT2D eigenvalue weighted by atomic mass is 35.5. The summed E-state index contributed by atoms with van der Waals surface area (Å²) in [5.41, 5.74) is 0.849. The summed E-state index contributed by atoms with van der Waals surface area (Å²) in [6, 6.07) is 8.59. The molecule has 3 aliphatic carbocycles. The summed E-state index contributed by atoms with van der Waals surface area (Å²) in [7, 11) is 0. The van der Waals surface area contributed by atoms with Crippen molar-refractivity contribution in [3.05, 3.63) is 58.3 Å². The van der Waals surface area contributed by atoms with Crippen LogP contribution in [0.3, 0.4) is 0 Å². The molecule has 1 aromatic heterocycles. The lowest BCUT2D eigenvalue weighted by Crippen LogP contribution is -2.30. The molecule has 146 valence electrons. The fourth-order valence-corrected chi connectivity index (χ4v) is 5.93. The van der Waals surface area contributed by atoms with Crippen LogP contribution in [0, 0.1) is 29.1 Å². The van der Waals surface area contributed by atoms with Crippen molar-refractivity contribution in [3.8, 4) is 11.3 Å². The molecule has 4 atom stereocenters.